The van der Waals surface area contributed by atoms with Crippen LogP contribution in [0.5, 0.6) is 0 Å². The van der Waals surface area contributed by atoms with Gasteiger partial charge in [0.15, 0.2) is 5.76 Å². The molecule has 2 heterocycles. The Hall–Kier alpha value is -2.15. The summed E-state index contributed by atoms with van der Waals surface area (Å²) in [5.74, 6) is 2.29. The first-order chi connectivity index (χ1) is 13.7. The molecule has 2 aliphatic carbocycles. The SMILES string of the molecule is CC1CCCCC1OCC(=O)NC1CCCC(c2nnc(-c3ccco3)o2)C1. The fraction of sp³-hybridized carbons (Fsp3) is 0.667. The van der Waals surface area contributed by atoms with Crippen LogP contribution >= 0.6 is 0 Å². The second-order valence-electron chi connectivity index (χ2n) is 8.16. The fourth-order valence-corrected chi connectivity index (χ4v) is 4.43. The van der Waals surface area contributed by atoms with Crippen molar-refractivity contribution < 1.29 is 18.4 Å². The quantitative estimate of drug-likeness (QED) is 0.803. The maximum atomic E-state index is 12.4. The number of carbonyl (C=O) groups is 1. The lowest BCUT2D eigenvalue weighted by molar-refractivity contribution is -0.130. The third-order valence-corrected chi connectivity index (χ3v) is 6.02. The minimum absolute atomic E-state index is 0.0229. The molecule has 1 amide bonds. The molecule has 2 saturated carbocycles. The van der Waals surface area contributed by atoms with Crippen molar-refractivity contribution in [3.05, 3.63) is 24.3 Å². The van der Waals surface area contributed by atoms with E-state index in [-0.39, 0.29) is 30.6 Å². The molecule has 7 nitrogen and oxygen atoms in total. The molecule has 0 bridgehead atoms. The average Bonchev–Trinajstić information content (AvgIpc) is 3.39. The van der Waals surface area contributed by atoms with Crippen LogP contribution in [0.1, 0.15) is 70.1 Å². The van der Waals surface area contributed by atoms with Gasteiger partial charge in [-0.3, -0.25) is 4.79 Å². The zero-order chi connectivity index (χ0) is 19.3. The predicted molar refractivity (Wildman–Crippen MR) is 103 cm³/mol. The molecule has 2 aliphatic rings. The predicted octanol–water partition coefficient (Wildman–Crippen LogP) is 4.07. The second kappa shape index (κ2) is 8.90. The molecule has 4 rings (SSSR count). The molecule has 7 heteroatoms. The van der Waals surface area contributed by atoms with E-state index in [9.17, 15) is 4.79 Å². The maximum Gasteiger partial charge on any atom is 0.283 e. The third-order valence-electron chi connectivity index (χ3n) is 6.02. The zero-order valence-electron chi connectivity index (χ0n) is 16.4. The van der Waals surface area contributed by atoms with Crippen LogP contribution in [0.2, 0.25) is 0 Å². The molecule has 28 heavy (non-hydrogen) atoms. The van der Waals surface area contributed by atoms with Gasteiger partial charge >= 0.3 is 0 Å². The van der Waals surface area contributed by atoms with E-state index in [1.54, 1.807) is 18.4 Å². The van der Waals surface area contributed by atoms with E-state index in [0.29, 0.717) is 23.5 Å². The van der Waals surface area contributed by atoms with Gasteiger partial charge < -0.3 is 18.9 Å². The Kier molecular flexibility index (Phi) is 6.10. The van der Waals surface area contributed by atoms with Gasteiger partial charge in [-0.1, -0.05) is 26.2 Å². The first kappa shape index (κ1) is 19.2. The van der Waals surface area contributed by atoms with Crippen LogP contribution in [0, 0.1) is 5.92 Å². The summed E-state index contributed by atoms with van der Waals surface area (Å²) in [4.78, 5) is 12.4. The molecule has 2 fully saturated rings. The van der Waals surface area contributed by atoms with Crippen molar-refractivity contribution in [2.45, 2.75) is 76.4 Å². The first-order valence-corrected chi connectivity index (χ1v) is 10.5. The number of ether oxygens (including phenoxy) is 1. The molecule has 1 N–H and O–H groups in total. The highest BCUT2D eigenvalue weighted by molar-refractivity contribution is 5.77. The Morgan fingerprint density at radius 3 is 2.93 bits per heavy atom. The highest BCUT2D eigenvalue weighted by atomic mass is 16.5. The molecular formula is C21H29N3O4. The van der Waals surface area contributed by atoms with Gasteiger partial charge in [-0.25, -0.2) is 0 Å². The number of aromatic nitrogens is 2. The van der Waals surface area contributed by atoms with Gasteiger partial charge in [-0.2, -0.15) is 0 Å². The van der Waals surface area contributed by atoms with Crippen LogP contribution < -0.4 is 5.32 Å². The monoisotopic (exact) mass is 387 g/mol. The van der Waals surface area contributed by atoms with Crippen molar-refractivity contribution in [2.24, 2.45) is 5.92 Å². The van der Waals surface area contributed by atoms with E-state index in [1.807, 2.05) is 0 Å². The molecule has 0 spiro atoms. The molecule has 0 aromatic carbocycles. The van der Waals surface area contributed by atoms with Gasteiger partial charge in [0.05, 0.1) is 12.4 Å². The minimum Gasteiger partial charge on any atom is -0.459 e. The number of nitrogens with zero attached hydrogens (tertiary/aromatic N) is 2. The Balaban J connectivity index is 1.27. The van der Waals surface area contributed by atoms with Crippen molar-refractivity contribution in [3.63, 3.8) is 0 Å². The molecule has 2 aromatic rings. The summed E-state index contributed by atoms with van der Waals surface area (Å²) in [5, 5.41) is 11.4. The molecule has 4 atom stereocenters. The largest absolute Gasteiger partial charge is 0.459 e. The second-order valence-corrected chi connectivity index (χ2v) is 8.16. The minimum atomic E-state index is -0.0229. The number of rotatable bonds is 6. The zero-order valence-corrected chi connectivity index (χ0v) is 16.4. The molecule has 152 valence electrons. The van der Waals surface area contributed by atoms with E-state index in [4.69, 9.17) is 13.6 Å². The van der Waals surface area contributed by atoms with Crippen molar-refractivity contribution in [2.75, 3.05) is 6.61 Å². The number of furan rings is 1. The average molecular weight is 387 g/mol. The number of amides is 1. The summed E-state index contributed by atoms with van der Waals surface area (Å²) in [5.41, 5.74) is 0. The van der Waals surface area contributed by atoms with Crippen LogP contribution in [-0.2, 0) is 9.53 Å². The van der Waals surface area contributed by atoms with Gasteiger partial charge in [-0.15, -0.1) is 10.2 Å². The topological polar surface area (TPSA) is 90.4 Å². The normalized spacial score (nSPS) is 28.2. The lowest BCUT2D eigenvalue weighted by atomic mass is 9.85. The molecule has 0 radical (unpaired) electrons. The summed E-state index contributed by atoms with van der Waals surface area (Å²) in [6.07, 6.45) is 10.3. The summed E-state index contributed by atoms with van der Waals surface area (Å²) in [7, 11) is 0. The van der Waals surface area contributed by atoms with Crippen molar-refractivity contribution in [1.29, 1.82) is 0 Å². The van der Waals surface area contributed by atoms with Gasteiger partial charge in [0.25, 0.3) is 5.89 Å². The number of hydrogen-bond donors (Lipinski definition) is 1. The number of nitrogens with one attached hydrogen (secondary N) is 1. The molecule has 0 saturated heterocycles. The van der Waals surface area contributed by atoms with Crippen LogP contribution in [0.25, 0.3) is 11.7 Å². The van der Waals surface area contributed by atoms with Crippen LogP contribution in [-0.4, -0.2) is 34.9 Å². The van der Waals surface area contributed by atoms with E-state index in [2.05, 4.69) is 22.4 Å². The molecule has 4 unspecified atom stereocenters. The third kappa shape index (κ3) is 4.63. The van der Waals surface area contributed by atoms with Crippen LogP contribution in [0.15, 0.2) is 27.2 Å². The first-order valence-electron chi connectivity index (χ1n) is 10.5. The van der Waals surface area contributed by atoms with Gasteiger partial charge in [0.1, 0.15) is 6.61 Å². The standard InChI is InChI=1S/C21H29N3O4/c1-14-6-2-3-9-17(14)27-13-19(25)22-16-8-4-7-15(12-16)20-23-24-21(28-20)18-10-5-11-26-18/h5,10-11,14-17H,2-4,6-9,12-13H2,1H3,(H,22,25). The smallest absolute Gasteiger partial charge is 0.283 e. The lowest BCUT2D eigenvalue weighted by Gasteiger charge is -2.30. The van der Waals surface area contributed by atoms with E-state index >= 15 is 0 Å². The van der Waals surface area contributed by atoms with Gasteiger partial charge in [0.2, 0.25) is 11.8 Å². The summed E-state index contributed by atoms with van der Waals surface area (Å²) < 4.78 is 17.0. The highest BCUT2D eigenvalue weighted by Gasteiger charge is 2.29. The van der Waals surface area contributed by atoms with E-state index in [1.165, 1.54) is 19.3 Å². The molecule has 2 aromatic heterocycles. The van der Waals surface area contributed by atoms with E-state index < -0.39 is 0 Å². The van der Waals surface area contributed by atoms with E-state index in [0.717, 1.165) is 32.1 Å². The molecule has 0 aliphatic heterocycles. The number of carbonyl (C=O) groups excluding carboxylic acids is 1. The Morgan fingerprint density at radius 2 is 2.11 bits per heavy atom. The van der Waals surface area contributed by atoms with Crippen molar-refractivity contribution in [3.8, 4) is 11.7 Å². The van der Waals surface area contributed by atoms with Gasteiger partial charge in [0, 0.05) is 12.0 Å². The highest BCUT2D eigenvalue weighted by Crippen LogP contribution is 2.33. The van der Waals surface area contributed by atoms with Crippen LogP contribution in [0.4, 0.5) is 0 Å². The Morgan fingerprint density at radius 1 is 1.21 bits per heavy atom. The summed E-state index contributed by atoms with van der Waals surface area (Å²) in [6.45, 7) is 2.37. The Bertz CT molecular complexity index is 758. The van der Waals surface area contributed by atoms with Crippen molar-refractivity contribution in [1.82, 2.24) is 15.5 Å². The maximum absolute atomic E-state index is 12.4. The lowest BCUT2D eigenvalue weighted by Crippen LogP contribution is -2.41. The summed E-state index contributed by atoms with van der Waals surface area (Å²) in [6, 6.07) is 3.72. The van der Waals surface area contributed by atoms with Crippen LogP contribution in [0.3, 0.4) is 0 Å². The summed E-state index contributed by atoms with van der Waals surface area (Å²) >= 11 is 0. The van der Waals surface area contributed by atoms with Crippen molar-refractivity contribution >= 4 is 5.91 Å². The number of hydrogen-bond acceptors (Lipinski definition) is 6. The Labute approximate surface area is 165 Å². The fourth-order valence-electron chi connectivity index (χ4n) is 4.43. The van der Waals surface area contributed by atoms with Gasteiger partial charge in [-0.05, 0) is 50.2 Å². The molecular weight excluding hydrogens is 358 g/mol.